The van der Waals surface area contributed by atoms with E-state index in [0.29, 0.717) is 6.04 Å². The van der Waals surface area contributed by atoms with Crippen LogP contribution in [0.25, 0.3) is 0 Å². The maximum absolute atomic E-state index is 10.1. The number of fused-ring (bicyclic) bond motifs is 2. The van der Waals surface area contributed by atoms with Crippen molar-refractivity contribution < 1.29 is 5.11 Å². The molecule has 22 heavy (non-hydrogen) atoms. The number of piperazine rings is 1. The van der Waals surface area contributed by atoms with E-state index in [1.807, 2.05) is 0 Å². The fourth-order valence-corrected chi connectivity index (χ4v) is 4.77. The van der Waals surface area contributed by atoms with Gasteiger partial charge in [-0.1, -0.05) is 37.3 Å². The largest absolute Gasteiger partial charge is 0.392 e. The highest BCUT2D eigenvalue weighted by atomic mass is 16.3. The van der Waals surface area contributed by atoms with Gasteiger partial charge in [0, 0.05) is 45.3 Å². The number of nitrogens with zero attached hydrogens (tertiary/aromatic N) is 3. The van der Waals surface area contributed by atoms with E-state index in [4.69, 9.17) is 0 Å². The van der Waals surface area contributed by atoms with E-state index in [1.165, 1.54) is 5.56 Å². The molecule has 0 aliphatic carbocycles. The molecule has 0 radical (unpaired) electrons. The van der Waals surface area contributed by atoms with Gasteiger partial charge in [-0.05, 0) is 18.5 Å². The van der Waals surface area contributed by atoms with Crippen molar-refractivity contribution >= 4 is 0 Å². The van der Waals surface area contributed by atoms with Crippen molar-refractivity contribution in [2.75, 3.05) is 39.3 Å². The van der Waals surface area contributed by atoms with Gasteiger partial charge < -0.3 is 5.11 Å². The highest BCUT2D eigenvalue weighted by Crippen LogP contribution is 2.39. The Morgan fingerprint density at radius 1 is 1.09 bits per heavy atom. The third-order valence-corrected chi connectivity index (χ3v) is 5.72. The van der Waals surface area contributed by atoms with Gasteiger partial charge >= 0.3 is 0 Å². The highest BCUT2D eigenvalue weighted by molar-refractivity contribution is 5.17. The van der Waals surface area contributed by atoms with Crippen LogP contribution in [0.1, 0.15) is 18.9 Å². The first-order valence-electron chi connectivity index (χ1n) is 8.62. The number of benzene rings is 1. The number of β-amino-alcohol motifs (C(OH)–C–C–N with tert-alkyl or cyclic N) is 1. The minimum Gasteiger partial charge on any atom is -0.392 e. The average molecular weight is 301 g/mol. The molecule has 4 heteroatoms. The molecular formula is C18H27N3O. The third kappa shape index (κ3) is 2.48. The lowest BCUT2D eigenvalue weighted by molar-refractivity contribution is -0.113. The summed E-state index contributed by atoms with van der Waals surface area (Å²) in [4.78, 5) is 7.76. The number of rotatable bonds is 3. The van der Waals surface area contributed by atoms with Crippen molar-refractivity contribution in [2.45, 2.75) is 37.6 Å². The Morgan fingerprint density at radius 2 is 1.82 bits per heavy atom. The number of likely N-dealkylation sites (N-methyl/N-ethyl adjacent to an activating group) is 1. The summed E-state index contributed by atoms with van der Waals surface area (Å²) >= 11 is 0. The van der Waals surface area contributed by atoms with Gasteiger partial charge in [0.15, 0.2) is 0 Å². The third-order valence-electron chi connectivity index (χ3n) is 5.72. The first-order valence-corrected chi connectivity index (χ1v) is 8.62. The van der Waals surface area contributed by atoms with Crippen LogP contribution < -0.4 is 0 Å². The lowest BCUT2D eigenvalue weighted by Crippen LogP contribution is -2.77. The standard InChI is InChI=1S/C18H27N3O/c1-2-19-12-18(13-19)14-20(9-15-6-4-3-5-7-15)10-16-8-17(22)11-21(16)18/h3-7,16-17,22H,2,8-14H2,1H3/t16-,17+/m0/s1. The van der Waals surface area contributed by atoms with Crippen LogP contribution in [0.4, 0.5) is 0 Å². The normalized spacial score (nSPS) is 32.1. The van der Waals surface area contributed by atoms with Crippen LogP contribution in [0.5, 0.6) is 0 Å². The maximum atomic E-state index is 10.1. The van der Waals surface area contributed by atoms with Crippen LogP contribution in [0.2, 0.25) is 0 Å². The van der Waals surface area contributed by atoms with E-state index in [1.54, 1.807) is 0 Å². The molecule has 120 valence electrons. The zero-order valence-electron chi connectivity index (χ0n) is 13.5. The Morgan fingerprint density at radius 3 is 2.55 bits per heavy atom. The van der Waals surface area contributed by atoms with Crippen LogP contribution in [-0.4, -0.2) is 76.8 Å². The van der Waals surface area contributed by atoms with Gasteiger partial charge in [0.25, 0.3) is 0 Å². The molecule has 0 aromatic heterocycles. The van der Waals surface area contributed by atoms with Gasteiger partial charge in [0.2, 0.25) is 0 Å². The zero-order valence-corrected chi connectivity index (χ0v) is 13.5. The predicted molar refractivity (Wildman–Crippen MR) is 87.7 cm³/mol. The lowest BCUT2D eigenvalue weighted by Gasteiger charge is -2.61. The zero-order chi connectivity index (χ0) is 15.2. The second-order valence-electron chi connectivity index (χ2n) is 7.38. The van der Waals surface area contributed by atoms with E-state index in [-0.39, 0.29) is 11.6 Å². The second kappa shape index (κ2) is 5.60. The highest BCUT2D eigenvalue weighted by Gasteiger charge is 2.55. The molecule has 1 aromatic carbocycles. The molecule has 0 saturated carbocycles. The van der Waals surface area contributed by atoms with Gasteiger partial charge in [-0.3, -0.25) is 14.7 Å². The fourth-order valence-electron chi connectivity index (χ4n) is 4.77. The van der Waals surface area contributed by atoms with E-state index in [0.717, 1.165) is 52.2 Å². The molecule has 0 bridgehead atoms. The van der Waals surface area contributed by atoms with Crippen LogP contribution in [0.15, 0.2) is 30.3 Å². The molecule has 1 aromatic rings. The van der Waals surface area contributed by atoms with E-state index < -0.39 is 0 Å². The molecule has 4 nitrogen and oxygen atoms in total. The van der Waals surface area contributed by atoms with Crippen molar-refractivity contribution in [3.05, 3.63) is 35.9 Å². The Balaban J connectivity index is 1.51. The monoisotopic (exact) mass is 301 g/mol. The van der Waals surface area contributed by atoms with Crippen LogP contribution >= 0.6 is 0 Å². The molecule has 2 atom stereocenters. The summed E-state index contributed by atoms with van der Waals surface area (Å²) in [6.07, 6.45) is 0.813. The van der Waals surface area contributed by atoms with Crippen LogP contribution in [0, 0.1) is 0 Å². The van der Waals surface area contributed by atoms with Crippen molar-refractivity contribution in [1.82, 2.24) is 14.7 Å². The summed E-state index contributed by atoms with van der Waals surface area (Å²) < 4.78 is 0. The molecule has 4 rings (SSSR count). The summed E-state index contributed by atoms with van der Waals surface area (Å²) in [6, 6.07) is 11.3. The quantitative estimate of drug-likeness (QED) is 0.902. The summed E-state index contributed by atoms with van der Waals surface area (Å²) in [5.74, 6) is 0. The van der Waals surface area contributed by atoms with Gasteiger partial charge in [0.1, 0.15) is 0 Å². The maximum Gasteiger partial charge on any atom is 0.0682 e. The summed E-state index contributed by atoms with van der Waals surface area (Å²) in [7, 11) is 0. The average Bonchev–Trinajstić information content (AvgIpc) is 2.85. The van der Waals surface area contributed by atoms with Gasteiger partial charge in [-0.25, -0.2) is 0 Å². The molecular weight excluding hydrogens is 274 g/mol. The van der Waals surface area contributed by atoms with Gasteiger partial charge in [0.05, 0.1) is 11.6 Å². The van der Waals surface area contributed by atoms with Gasteiger partial charge in [-0.15, -0.1) is 0 Å². The summed E-state index contributed by atoms with van der Waals surface area (Å²) in [5, 5.41) is 10.1. The first-order chi connectivity index (χ1) is 10.7. The minimum absolute atomic E-state index is 0.130. The molecule has 3 aliphatic heterocycles. The van der Waals surface area contributed by atoms with Crippen LogP contribution in [0.3, 0.4) is 0 Å². The molecule has 3 aliphatic rings. The number of hydrogen-bond acceptors (Lipinski definition) is 4. The van der Waals surface area contributed by atoms with Crippen molar-refractivity contribution in [1.29, 1.82) is 0 Å². The SMILES string of the molecule is CCN1CC2(CN(Cc3ccccc3)C[C@@H]3C[C@@H](O)CN32)C1. The summed E-state index contributed by atoms with van der Waals surface area (Å²) in [5.41, 5.74) is 1.68. The second-order valence-corrected chi connectivity index (χ2v) is 7.38. The Bertz CT molecular complexity index is 514. The molecule has 1 spiro atoms. The van der Waals surface area contributed by atoms with Crippen molar-refractivity contribution in [2.24, 2.45) is 0 Å². The van der Waals surface area contributed by atoms with E-state index in [2.05, 4.69) is 52.0 Å². The smallest absolute Gasteiger partial charge is 0.0682 e. The fraction of sp³-hybridized carbons (Fsp3) is 0.667. The number of aliphatic hydroxyl groups is 1. The predicted octanol–water partition coefficient (Wildman–Crippen LogP) is 1.01. The Labute approximate surface area is 133 Å². The number of aliphatic hydroxyl groups excluding tert-OH is 1. The Kier molecular flexibility index (Phi) is 3.73. The molecule has 0 unspecified atom stereocenters. The lowest BCUT2D eigenvalue weighted by atomic mass is 9.83. The topological polar surface area (TPSA) is 30.0 Å². The number of hydrogen-bond donors (Lipinski definition) is 1. The molecule has 3 saturated heterocycles. The number of likely N-dealkylation sites (tertiary alicyclic amines) is 1. The van der Waals surface area contributed by atoms with E-state index in [9.17, 15) is 5.11 Å². The molecule has 1 N–H and O–H groups in total. The van der Waals surface area contributed by atoms with E-state index >= 15 is 0 Å². The molecule has 3 heterocycles. The first kappa shape index (κ1) is 14.6. The van der Waals surface area contributed by atoms with Crippen molar-refractivity contribution in [3.63, 3.8) is 0 Å². The molecule has 0 amide bonds. The van der Waals surface area contributed by atoms with Crippen LogP contribution in [-0.2, 0) is 6.54 Å². The minimum atomic E-state index is -0.130. The van der Waals surface area contributed by atoms with Gasteiger partial charge in [-0.2, -0.15) is 0 Å². The van der Waals surface area contributed by atoms with Crippen molar-refractivity contribution in [3.8, 4) is 0 Å². The molecule has 3 fully saturated rings. The Hall–Kier alpha value is -0.940. The summed E-state index contributed by atoms with van der Waals surface area (Å²) in [6.45, 7) is 9.86.